The van der Waals surface area contributed by atoms with Gasteiger partial charge in [0.1, 0.15) is 5.82 Å². The summed E-state index contributed by atoms with van der Waals surface area (Å²) < 4.78 is 7.73. The van der Waals surface area contributed by atoms with Gasteiger partial charge < -0.3 is 19.9 Å². The number of guanidine groups is 1. The monoisotopic (exact) mass is 522 g/mol. The normalized spacial score (nSPS) is 11.2. The second-order valence-electron chi connectivity index (χ2n) is 6.71. The molecule has 0 radical (unpaired) electrons. The third-order valence-electron chi connectivity index (χ3n) is 4.55. The van der Waals surface area contributed by atoms with E-state index in [0.29, 0.717) is 19.0 Å². The lowest BCUT2D eigenvalue weighted by atomic mass is 10.3. The summed E-state index contributed by atoms with van der Waals surface area (Å²) in [6.45, 7) is 9.82. The minimum Gasteiger partial charge on any atom is -0.478 e. The maximum absolute atomic E-state index is 5.46. The van der Waals surface area contributed by atoms with Crippen LogP contribution in [0.1, 0.15) is 31.7 Å². The molecule has 0 aliphatic heterocycles. The molecular weight excluding hydrogens is 491 g/mol. The van der Waals surface area contributed by atoms with Crippen LogP contribution in [0.4, 0.5) is 0 Å². The predicted octanol–water partition coefficient (Wildman–Crippen LogP) is 3.90. The molecular formula is C22H31IN6O. The number of aryl methyl sites for hydroxylation is 2. The van der Waals surface area contributed by atoms with Crippen molar-refractivity contribution in [3.8, 4) is 5.88 Å². The summed E-state index contributed by atoms with van der Waals surface area (Å²) in [7, 11) is 0. The Morgan fingerprint density at radius 1 is 1.17 bits per heavy atom. The average Bonchev–Trinajstić information content (AvgIpc) is 3.05. The predicted molar refractivity (Wildman–Crippen MR) is 133 cm³/mol. The van der Waals surface area contributed by atoms with Gasteiger partial charge in [0.05, 0.1) is 24.2 Å². The number of imidazole rings is 1. The number of pyridine rings is 1. The number of ether oxygens (including phenoxy) is 1. The lowest BCUT2D eigenvalue weighted by molar-refractivity contribution is 0.326. The maximum Gasteiger partial charge on any atom is 0.213 e. The highest BCUT2D eigenvalue weighted by Gasteiger charge is 2.06. The van der Waals surface area contributed by atoms with Gasteiger partial charge in [-0.3, -0.25) is 0 Å². The van der Waals surface area contributed by atoms with Crippen LogP contribution in [0.2, 0.25) is 0 Å². The lowest BCUT2D eigenvalue weighted by Gasteiger charge is -2.12. The van der Waals surface area contributed by atoms with E-state index in [4.69, 9.17) is 4.74 Å². The second kappa shape index (κ2) is 12.4. The molecule has 3 aromatic rings. The first-order chi connectivity index (χ1) is 14.2. The zero-order valence-corrected chi connectivity index (χ0v) is 20.2. The van der Waals surface area contributed by atoms with Gasteiger partial charge in [-0.1, -0.05) is 12.1 Å². The second-order valence-corrected chi connectivity index (χ2v) is 6.71. The molecule has 2 aromatic heterocycles. The van der Waals surface area contributed by atoms with Gasteiger partial charge in [-0.2, -0.15) is 0 Å². The van der Waals surface area contributed by atoms with E-state index in [1.807, 2.05) is 25.1 Å². The van der Waals surface area contributed by atoms with Gasteiger partial charge in [0, 0.05) is 31.9 Å². The maximum atomic E-state index is 5.46. The van der Waals surface area contributed by atoms with Crippen molar-refractivity contribution in [2.75, 3.05) is 19.7 Å². The molecule has 0 amide bonds. The van der Waals surface area contributed by atoms with Crippen molar-refractivity contribution in [2.45, 2.75) is 40.3 Å². The summed E-state index contributed by atoms with van der Waals surface area (Å²) in [5.41, 5.74) is 3.31. The molecule has 8 heteroatoms. The number of hydrogen-bond acceptors (Lipinski definition) is 4. The standard InChI is InChI=1S/C22H30N6O.HI/c1-4-23-22(26-16-18-11-13-24-21(15-18)29-5-2)25-12-8-14-28-17(3)27-19-9-6-7-10-20(19)28;/h6-7,9-11,13,15H,4-5,8,12,14,16H2,1-3H3,(H2,23,25,26);1H. The van der Waals surface area contributed by atoms with Gasteiger partial charge in [0.15, 0.2) is 5.96 Å². The fourth-order valence-electron chi connectivity index (χ4n) is 3.21. The number of nitrogens with zero attached hydrogens (tertiary/aromatic N) is 4. The number of hydrogen-bond donors (Lipinski definition) is 2. The molecule has 0 saturated carbocycles. The number of halogens is 1. The molecule has 3 rings (SSSR count). The van der Waals surface area contributed by atoms with Gasteiger partial charge in [0.25, 0.3) is 0 Å². The molecule has 0 saturated heterocycles. The number of rotatable bonds is 9. The Bertz CT molecular complexity index is 956. The first-order valence-corrected chi connectivity index (χ1v) is 10.2. The number of fused-ring (bicyclic) bond motifs is 1. The van der Waals surface area contributed by atoms with Crippen molar-refractivity contribution in [2.24, 2.45) is 4.99 Å². The van der Waals surface area contributed by atoms with Crippen molar-refractivity contribution in [3.05, 3.63) is 54.0 Å². The zero-order valence-electron chi connectivity index (χ0n) is 17.9. The van der Waals surface area contributed by atoms with Gasteiger partial charge in [-0.25, -0.2) is 15.0 Å². The summed E-state index contributed by atoms with van der Waals surface area (Å²) in [6, 6.07) is 12.2. The summed E-state index contributed by atoms with van der Waals surface area (Å²) in [4.78, 5) is 13.5. The van der Waals surface area contributed by atoms with Crippen LogP contribution < -0.4 is 15.4 Å². The van der Waals surface area contributed by atoms with Crippen molar-refractivity contribution in [3.63, 3.8) is 0 Å². The summed E-state index contributed by atoms with van der Waals surface area (Å²) in [6.07, 6.45) is 2.74. The largest absolute Gasteiger partial charge is 0.478 e. The molecule has 7 nitrogen and oxygen atoms in total. The highest BCUT2D eigenvalue weighted by molar-refractivity contribution is 14.0. The highest BCUT2D eigenvalue weighted by atomic mass is 127. The van der Waals surface area contributed by atoms with Crippen LogP contribution in [0.3, 0.4) is 0 Å². The minimum absolute atomic E-state index is 0. The number of benzene rings is 1. The quantitative estimate of drug-likeness (QED) is 0.193. The fourth-order valence-corrected chi connectivity index (χ4v) is 3.21. The van der Waals surface area contributed by atoms with Crippen LogP contribution in [0.5, 0.6) is 5.88 Å². The Morgan fingerprint density at radius 2 is 2.00 bits per heavy atom. The average molecular weight is 522 g/mol. The van der Waals surface area contributed by atoms with Crippen molar-refractivity contribution >= 4 is 41.0 Å². The lowest BCUT2D eigenvalue weighted by Crippen LogP contribution is -2.38. The fraction of sp³-hybridized carbons (Fsp3) is 0.409. The molecule has 0 aliphatic carbocycles. The van der Waals surface area contributed by atoms with Crippen LogP contribution in [0.15, 0.2) is 47.6 Å². The van der Waals surface area contributed by atoms with Crippen LogP contribution in [-0.4, -0.2) is 40.2 Å². The molecule has 2 heterocycles. The van der Waals surface area contributed by atoms with E-state index in [1.165, 1.54) is 5.52 Å². The number of aliphatic imine (C=N–C) groups is 1. The molecule has 0 atom stereocenters. The third kappa shape index (κ3) is 6.58. The molecule has 0 fully saturated rings. The topological polar surface area (TPSA) is 76.4 Å². The molecule has 162 valence electrons. The summed E-state index contributed by atoms with van der Waals surface area (Å²) in [5.74, 6) is 2.50. The third-order valence-corrected chi connectivity index (χ3v) is 4.55. The number of aromatic nitrogens is 3. The Hall–Kier alpha value is -2.36. The first kappa shape index (κ1) is 23.9. The highest BCUT2D eigenvalue weighted by Crippen LogP contribution is 2.15. The van der Waals surface area contributed by atoms with Gasteiger partial charge in [-0.15, -0.1) is 24.0 Å². The molecule has 1 aromatic carbocycles. The minimum atomic E-state index is 0. The van der Waals surface area contributed by atoms with Crippen LogP contribution in [-0.2, 0) is 13.1 Å². The summed E-state index contributed by atoms with van der Waals surface area (Å²) in [5, 5.41) is 6.72. The number of nitrogens with one attached hydrogen (secondary N) is 2. The van der Waals surface area contributed by atoms with E-state index < -0.39 is 0 Å². The van der Waals surface area contributed by atoms with E-state index in [1.54, 1.807) is 6.20 Å². The van der Waals surface area contributed by atoms with Gasteiger partial charge in [-0.05, 0) is 51.0 Å². The molecule has 0 aliphatic rings. The Kier molecular flexibility index (Phi) is 9.85. The van der Waals surface area contributed by atoms with E-state index in [2.05, 4.69) is 62.2 Å². The van der Waals surface area contributed by atoms with E-state index in [0.717, 1.165) is 48.9 Å². The van der Waals surface area contributed by atoms with E-state index in [9.17, 15) is 0 Å². The summed E-state index contributed by atoms with van der Waals surface area (Å²) >= 11 is 0. The molecule has 0 bridgehead atoms. The SMILES string of the molecule is CCNC(=NCc1ccnc(OCC)c1)NCCCn1c(C)nc2ccccc21.I. The molecule has 0 spiro atoms. The van der Waals surface area contributed by atoms with Crippen LogP contribution in [0.25, 0.3) is 11.0 Å². The Balaban J connectivity index is 0.00000320. The van der Waals surface area contributed by atoms with Crippen LogP contribution >= 0.6 is 24.0 Å². The van der Waals surface area contributed by atoms with Crippen LogP contribution in [0, 0.1) is 6.92 Å². The van der Waals surface area contributed by atoms with Crippen molar-refractivity contribution in [1.29, 1.82) is 0 Å². The van der Waals surface area contributed by atoms with Crippen molar-refractivity contribution < 1.29 is 4.74 Å². The van der Waals surface area contributed by atoms with E-state index in [-0.39, 0.29) is 24.0 Å². The molecule has 2 N–H and O–H groups in total. The Morgan fingerprint density at radius 3 is 2.80 bits per heavy atom. The molecule has 0 unspecified atom stereocenters. The zero-order chi connectivity index (χ0) is 20.5. The van der Waals surface area contributed by atoms with Gasteiger partial charge >= 0.3 is 0 Å². The smallest absolute Gasteiger partial charge is 0.213 e. The first-order valence-electron chi connectivity index (χ1n) is 10.2. The van der Waals surface area contributed by atoms with Gasteiger partial charge in [0.2, 0.25) is 5.88 Å². The number of para-hydroxylation sites is 2. The van der Waals surface area contributed by atoms with E-state index >= 15 is 0 Å². The van der Waals surface area contributed by atoms with Crippen molar-refractivity contribution in [1.82, 2.24) is 25.2 Å². The Labute approximate surface area is 195 Å². The molecule has 30 heavy (non-hydrogen) atoms.